The Morgan fingerprint density at radius 1 is 1.39 bits per heavy atom. The van der Waals surface area contributed by atoms with Crippen LogP contribution < -0.4 is 0 Å². The van der Waals surface area contributed by atoms with Gasteiger partial charge >= 0.3 is 6.18 Å². The molecule has 0 aliphatic heterocycles. The van der Waals surface area contributed by atoms with Crippen molar-refractivity contribution in [1.29, 1.82) is 0 Å². The Kier molecular flexibility index (Phi) is 4.76. The van der Waals surface area contributed by atoms with E-state index >= 15 is 0 Å². The number of hydrogen-bond acceptors (Lipinski definition) is 3. The third kappa shape index (κ3) is 3.37. The van der Waals surface area contributed by atoms with E-state index in [4.69, 9.17) is 11.6 Å². The van der Waals surface area contributed by atoms with Gasteiger partial charge in [-0.05, 0) is 15.9 Å². The summed E-state index contributed by atoms with van der Waals surface area (Å²) in [6, 6.07) is 0. The van der Waals surface area contributed by atoms with Crippen molar-refractivity contribution in [3.8, 4) is 0 Å². The third-order valence-corrected chi connectivity index (χ3v) is 4.27. The van der Waals surface area contributed by atoms with E-state index in [-0.39, 0.29) is 16.7 Å². The molecule has 0 bridgehead atoms. The maximum atomic E-state index is 12.9. The minimum absolute atomic E-state index is 0.0904. The van der Waals surface area contributed by atoms with Crippen molar-refractivity contribution in [2.24, 2.45) is 14.1 Å². The van der Waals surface area contributed by atoms with Gasteiger partial charge in [0.2, 0.25) is 0 Å². The van der Waals surface area contributed by atoms with Gasteiger partial charge in [0.1, 0.15) is 5.69 Å². The number of nitrogens with zero attached hydrogens (tertiary/aromatic N) is 5. The Morgan fingerprint density at radius 2 is 2.00 bits per heavy atom. The topological polar surface area (TPSA) is 56.0 Å². The Bertz CT molecular complexity index is 735. The molecule has 6 nitrogen and oxygen atoms in total. The summed E-state index contributed by atoms with van der Waals surface area (Å²) in [6.45, 7) is 0.0904. The molecule has 0 unspecified atom stereocenters. The summed E-state index contributed by atoms with van der Waals surface area (Å²) in [5.41, 5.74) is -0.773. The Morgan fingerprint density at radius 3 is 2.43 bits per heavy atom. The lowest BCUT2D eigenvalue weighted by Gasteiger charge is -2.18. The molecule has 126 valence electrons. The molecule has 0 radical (unpaired) electrons. The van der Waals surface area contributed by atoms with Gasteiger partial charge in [-0.2, -0.15) is 23.4 Å². The van der Waals surface area contributed by atoms with Crippen LogP contribution in [0.5, 0.6) is 0 Å². The molecule has 0 saturated carbocycles. The minimum Gasteiger partial charge on any atom is -0.334 e. The van der Waals surface area contributed by atoms with E-state index in [1.807, 2.05) is 0 Å². The van der Waals surface area contributed by atoms with Gasteiger partial charge in [0.15, 0.2) is 5.69 Å². The second-order valence-corrected chi connectivity index (χ2v) is 6.06. The maximum absolute atomic E-state index is 12.9. The van der Waals surface area contributed by atoms with Gasteiger partial charge in [-0.15, -0.1) is 0 Å². The van der Waals surface area contributed by atoms with Gasteiger partial charge < -0.3 is 4.90 Å². The molecule has 0 aliphatic carbocycles. The quantitative estimate of drug-likeness (QED) is 0.776. The highest BCUT2D eigenvalue weighted by molar-refractivity contribution is 9.10. The van der Waals surface area contributed by atoms with E-state index in [1.165, 1.54) is 29.9 Å². The van der Waals surface area contributed by atoms with Crippen molar-refractivity contribution in [2.75, 3.05) is 7.05 Å². The molecule has 11 heteroatoms. The lowest BCUT2D eigenvalue weighted by atomic mass is 10.3. The van der Waals surface area contributed by atoms with Crippen LogP contribution in [0.15, 0.2) is 10.7 Å². The van der Waals surface area contributed by atoms with Crippen LogP contribution in [0.1, 0.15) is 21.9 Å². The Balaban J connectivity index is 2.32. The average molecular weight is 415 g/mol. The number of hydrogen-bond donors (Lipinski definition) is 0. The van der Waals surface area contributed by atoms with Crippen LogP contribution in [-0.2, 0) is 26.8 Å². The summed E-state index contributed by atoms with van der Waals surface area (Å²) >= 11 is 8.79. The highest BCUT2D eigenvalue weighted by Gasteiger charge is 2.39. The van der Waals surface area contributed by atoms with Gasteiger partial charge in [-0.25, -0.2) is 0 Å². The highest BCUT2D eigenvalue weighted by Crippen LogP contribution is 2.36. The number of alkyl halides is 3. The lowest BCUT2D eigenvalue weighted by molar-refractivity contribution is -0.142. The molecule has 2 aromatic heterocycles. The third-order valence-electron chi connectivity index (χ3n) is 3.20. The summed E-state index contributed by atoms with van der Waals surface area (Å²) < 4.78 is 40.6. The second kappa shape index (κ2) is 6.16. The predicted molar refractivity (Wildman–Crippen MR) is 79.9 cm³/mol. The first-order valence-electron chi connectivity index (χ1n) is 6.25. The summed E-state index contributed by atoms with van der Waals surface area (Å²) in [5.74, 6) is -0.625. The largest absolute Gasteiger partial charge is 0.436 e. The van der Waals surface area contributed by atoms with Crippen molar-refractivity contribution in [3.63, 3.8) is 0 Å². The number of aromatic nitrogens is 4. The molecular formula is C12H12BrClF3N5O. The fourth-order valence-electron chi connectivity index (χ4n) is 2.00. The molecule has 2 aromatic rings. The summed E-state index contributed by atoms with van der Waals surface area (Å²) in [6.07, 6.45) is -3.23. The van der Waals surface area contributed by atoms with E-state index in [0.29, 0.717) is 10.7 Å². The molecule has 0 N–H and O–H groups in total. The molecule has 0 saturated heterocycles. The monoisotopic (exact) mass is 413 g/mol. The van der Waals surface area contributed by atoms with Gasteiger partial charge in [-0.3, -0.25) is 14.2 Å². The van der Waals surface area contributed by atoms with Crippen LogP contribution >= 0.6 is 27.5 Å². The molecule has 1 amide bonds. The van der Waals surface area contributed by atoms with Crippen LogP contribution in [0.25, 0.3) is 0 Å². The molecule has 0 aromatic carbocycles. The molecule has 0 aliphatic rings. The fraction of sp³-hybridized carbons (Fsp3) is 0.417. The van der Waals surface area contributed by atoms with Gasteiger partial charge in [0.25, 0.3) is 5.91 Å². The molecule has 0 atom stereocenters. The highest BCUT2D eigenvalue weighted by atomic mass is 79.9. The number of rotatable bonds is 3. The standard InChI is InChI=1S/C12H12BrClF3N5O/c1-20(5-7-6(14)4-18-21(7)2)11(23)9-8(13)10(12(15,16)17)19-22(9)3/h4H,5H2,1-3H3. The van der Waals surface area contributed by atoms with Crippen LogP contribution in [0, 0.1) is 0 Å². The molecule has 23 heavy (non-hydrogen) atoms. The normalized spacial score (nSPS) is 11.8. The van der Waals surface area contributed by atoms with Crippen molar-refractivity contribution < 1.29 is 18.0 Å². The lowest BCUT2D eigenvalue weighted by Crippen LogP contribution is -2.29. The van der Waals surface area contributed by atoms with Crippen molar-refractivity contribution >= 4 is 33.4 Å². The number of carbonyl (C=O) groups excluding carboxylic acids is 1. The summed E-state index contributed by atoms with van der Waals surface area (Å²) in [4.78, 5) is 13.7. The maximum Gasteiger partial charge on any atom is 0.436 e. The smallest absolute Gasteiger partial charge is 0.334 e. The van der Waals surface area contributed by atoms with Crippen LogP contribution in [-0.4, -0.2) is 37.4 Å². The molecule has 2 rings (SSSR count). The summed E-state index contributed by atoms with van der Waals surface area (Å²) in [5, 5.41) is 7.68. The SMILES string of the molecule is CN(Cc1c(Cl)cnn1C)C(=O)c1c(Br)c(C(F)(F)F)nn1C. The van der Waals surface area contributed by atoms with E-state index in [0.717, 1.165) is 4.68 Å². The van der Waals surface area contributed by atoms with Crippen molar-refractivity contribution in [2.45, 2.75) is 12.7 Å². The van der Waals surface area contributed by atoms with Crippen LogP contribution in [0.2, 0.25) is 5.02 Å². The minimum atomic E-state index is -4.65. The molecule has 0 spiro atoms. The Hall–Kier alpha value is -1.55. The number of amides is 1. The van der Waals surface area contributed by atoms with E-state index < -0.39 is 17.8 Å². The first kappa shape index (κ1) is 17.8. The van der Waals surface area contributed by atoms with Gasteiger partial charge in [0, 0.05) is 21.1 Å². The predicted octanol–water partition coefficient (Wildman–Crippen LogP) is 2.86. The van der Waals surface area contributed by atoms with E-state index in [9.17, 15) is 18.0 Å². The number of carbonyl (C=O) groups is 1. The molecule has 2 heterocycles. The van der Waals surface area contributed by atoms with Crippen LogP contribution in [0.3, 0.4) is 0 Å². The molecule has 0 fully saturated rings. The van der Waals surface area contributed by atoms with Gasteiger partial charge in [-0.1, -0.05) is 11.6 Å². The first-order valence-corrected chi connectivity index (χ1v) is 7.42. The second-order valence-electron chi connectivity index (χ2n) is 4.86. The van der Waals surface area contributed by atoms with Crippen molar-refractivity contribution in [3.05, 3.63) is 32.8 Å². The first-order chi connectivity index (χ1) is 10.5. The zero-order valence-electron chi connectivity index (χ0n) is 12.3. The van der Waals surface area contributed by atoms with E-state index in [2.05, 4.69) is 26.1 Å². The zero-order chi connectivity index (χ0) is 17.5. The van der Waals surface area contributed by atoms with E-state index in [1.54, 1.807) is 7.05 Å². The summed E-state index contributed by atoms with van der Waals surface area (Å²) in [7, 11) is 4.39. The van der Waals surface area contributed by atoms with Crippen LogP contribution in [0.4, 0.5) is 13.2 Å². The Labute approximate surface area is 142 Å². The average Bonchev–Trinajstić information content (AvgIpc) is 2.91. The number of halogens is 5. The fourth-order valence-corrected chi connectivity index (χ4v) is 2.96. The van der Waals surface area contributed by atoms with Gasteiger partial charge in [0.05, 0.1) is 27.9 Å². The van der Waals surface area contributed by atoms with Crippen molar-refractivity contribution in [1.82, 2.24) is 24.5 Å². The molecular weight excluding hydrogens is 403 g/mol. The zero-order valence-corrected chi connectivity index (χ0v) is 14.7. The number of aryl methyl sites for hydroxylation is 2.